The zero-order valence-electron chi connectivity index (χ0n) is 7.60. The number of nitrogens with one attached hydrogen (secondary N) is 1. The van der Waals surface area contributed by atoms with Gasteiger partial charge in [0.15, 0.2) is 0 Å². The molecule has 2 aromatic rings. The molecule has 2 rings (SSSR count). The van der Waals surface area contributed by atoms with Gasteiger partial charge in [0.1, 0.15) is 5.82 Å². The molecule has 4 nitrogen and oxygen atoms in total. The second kappa shape index (κ2) is 3.41. The Kier molecular flexibility index (Phi) is 2.10. The maximum atomic E-state index is 10.9. The number of H-pyrrole nitrogens is 1. The van der Waals surface area contributed by atoms with Crippen molar-refractivity contribution in [3.63, 3.8) is 0 Å². The number of hydrogen-bond acceptors (Lipinski definition) is 2. The molecular formula is C10H11N3O. The highest BCUT2D eigenvalue weighted by Crippen LogP contribution is 2.03. The lowest BCUT2D eigenvalue weighted by molar-refractivity contribution is 0.689. The smallest absolute Gasteiger partial charge is 0.266 e. The summed E-state index contributed by atoms with van der Waals surface area (Å²) in [4.78, 5) is 10.9. The highest BCUT2D eigenvalue weighted by Gasteiger charge is 1.99. The van der Waals surface area contributed by atoms with Crippen molar-refractivity contribution in [2.75, 3.05) is 5.73 Å². The number of nitrogen functional groups attached to an aromatic ring is 1. The Bertz CT molecular complexity index is 470. The van der Waals surface area contributed by atoms with Crippen LogP contribution < -0.4 is 11.3 Å². The molecule has 0 amide bonds. The third-order valence-corrected chi connectivity index (χ3v) is 2.02. The molecule has 0 aliphatic carbocycles. The van der Waals surface area contributed by atoms with Gasteiger partial charge in [-0.15, -0.1) is 0 Å². The molecule has 3 N–H and O–H groups in total. The van der Waals surface area contributed by atoms with E-state index in [1.54, 1.807) is 4.68 Å². The van der Waals surface area contributed by atoms with Gasteiger partial charge in [-0.05, 0) is 5.56 Å². The summed E-state index contributed by atoms with van der Waals surface area (Å²) >= 11 is 0. The standard InChI is InChI=1S/C10H11N3O/c11-9-6-10(14)12-13(9)7-8-4-2-1-3-5-8/h1-6H,7,11H2,(H,12,14). The minimum atomic E-state index is -0.168. The molecule has 1 heterocycles. The van der Waals surface area contributed by atoms with Crippen LogP contribution in [-0.4, -0.2) is 9.78 Å². The first-order chi connectivity index (χ1) is 6.75. The first kappa shape index (κ1) is 8.62. The molecule has 14 heavy (non-hydrogen) atoms. The van der Waals surface area contributed by atoms with E-state index in [9.17, 15) is 4.79 Å². The first-order valence-corrected chi connectivity index (χ1v) is 4.35. The number of nitrogens with two attached hydrogens (primary N) is 1. The molecule has 0 atom stereocenters. The number of nitrogens with zero attached hydrogens (tertiary/aromatic N) is 1. The number of aromatic nitrogens is 2. The van der Waals surface area contributed by atoms with E-state index in [-0.39, 0.29) is 5.56 Å². The van der Waals surface area contributed by atoms with E-state index in [0.29, 0.717) is 12.4 Å². The van der Waals surface area contributed by atoms with Crippen LogP contribution in [0.4, 0.5) is 5.82 Å². The van der Waals surface area contributed by atoms with E-state index >= 15 is 0 Å². The third-order valence-electron chi connectivity index (χ3n) is 2.02. The fraction of sp³-hybridized carbons (Fsp3) is 0.100. The van der Waals surface area contributed by atoms with Crippen molar-refractivity contribution >= 4 is 5.82 Å². The van der Waals surface area contributed by atoms with Gasteiger partial charge < -0.3 is 5.73 Å². The maximum Gasteiger partial charge on any atom is 0.266 e. The molecule has 0 saturated heterocycles. The molecule has 0 bridgehead atoms. The van der Waals surface area contributed by atoms with E-state index in [2.05, 4.69) is 5.10 Å². The summed E-state index contributed by atoms with van der Waals surface area (Å²) in [5, 5.41) is 2.63. The summed E-state index contributed by atoms with van der Waals surface area (Å²) in [5.74, 6) is 0.457. The number of aromatic amines is 1. The van der Waals surface area contributed by atoms with Gasteiger partial charge in [-0.1, -0.05) is 30.3 Å². The van der Waals surface area contributed by atoms with Gasteiger partial charge in [-0.2, -0.15) is 0 Å². The zero-order valence-corrected chi connectivity index (χ0v) is 7.60. The van der Waals surface area contributed by atoms with E-state index < -0.39 is 0 Å². The molecule has 0 spiro atoms. The average molecular weight is 189 g/mol. The lowest BCUT2D eigenvalue weighted by Gasteiger charge is -2.04. The third kappa shape index (κ3) is 1.69. The SMILES string of the molecule is Nc1cc(=O)[nH]n1Cc1ccccc1. The van der Waals surface area contributed by atoms with Crippen molar-refractivity contribution in [2.45, 2.75) is 6.54 Å². The molecule has 1 aromatic heterocycles. The summed E-state index contributed by atoms with van der Waals surface area (Å²) in [6.07, 6.45) is 0. The lowest BCUT2D eigenvalue weighted by Crippen LogP contribution is -2.08. The average Bonchev–Trinajstić information content (AvgIpc) is 2.47. The van der Waals surface area contributed by atoms with Crippen molar-refractivity contribution in [1.29, 1.82) is 0 Å². The summed E-state index contributed by atoms with van der Waals surface area (Å²) in [5.41, 5.74) is 6.56. The zero-order chi connectivity index (χ0) is 9.97. The number of rotatable bonds is 2. The summed E-state index contributed by atoms with van der Waals surface area (Å²) in [6.45, 7) is 0.592. The number of hydrogen-bond donors (Lipinski definition) is 2. The van der Waals surface area contributed by atoms with Gasteiger partial charge in [0, 0.05) is 6.07 Å². The van der Waals surface area contributed by atoms with Crippen LogP contribution in [-0.2, 0) is 6.54 Å². The van der Waals surface area contributed by atoms with E-state index in [0.717, 1.165) is 5.56 Å². The van der Waals surface area contributed by atoms with Crippen LogP contribution >= 0.6 is 0 Å². The van der Waals surface area contributed by atoms with Crippen LogP contribution in [0.1, 0.15) is 5.56 Å². The summed E-state index contributed by atoms with van der Waals surface area (Å²) in [6, 6.07) is 11.2. The Morgan fingerprint density at radius 2 is 2.00 bits per heavy atom. The van der Waals surface area contributed by atoms with Gasteiger partial charge in [0.2, 0.25) is 0 Å². The van der Waals surface area contributed by atoms with Crippen LogP contribution in [0.5, 0.6) is 0 Å². The molecule has 0 saturated carbocycles. The minimum absolute atomic E-state index is 0.168. The van der Waals surface area contributed by atoms with Gasteiger partial charge in [-0.3, -0.25) is 14.6 Å². The van der Waals surface area contributed by atoms with Crippen molar-refractivity contribution in [2.24, 2.45) is 0 Å². The Morgan fingerprint density at radius 1 is 1.29 bits per heavy atom. The molecule has 0 fully saturated rings. The van der Waals surface area contributed by atoms with E-state index in [4.69, 9.17) is 5.73 Å². The summed E-state index contributed by atoms with van der Waals surface area (Å²) < 4.78 is 1.62. The number of benzene rings is 1. The fourth-order valence-corrected chi connectivity index (χ4v) is 1.34. The van der Waals surface area contributed by atoms with Crippen LogP contribution in [0.3, 0.4) is 0 Å². The molecule has 4 heteroatoms. The largest absolute Gasteiger partial charge is 0.384 e. The molecule has 0 aliphatic rings. The second-order valence-corrected chi connectivity index (χ2v) is 3.12. The maximum absolute atomic E-state index is 10.9. The fourth-order valence-electron chi connectivity index (χ4n) is 1.34. The van der Waals surface area contributed by atoms with Gasteiger partial charge >= 0.3 is 0 Å². The summed E-state index contributed by atoms with van der Waals surface area (Å²) in [7, 11) is 0. The van der Waals surface area contributed by atoms with Gasteiger partial charge in [0.05, 0.1) is 6.54 Å². The molecular weight excluding hydrogens is 178 g/mol. The minimum Gasteiger partial charge on any atom is -0.384 e. The quantitative estimate of drug-likeness (QED) is 0.734. The Morgan fingerprint density at radius 3 is 2.57 bits per heavy atom. The lowest BCUT2D eigenvalue weighted by atomic mass is 10.2. The van der Waals surface area contributed by atoms with Crippen molar-refractivity contribution in [3.8, 4) is 0 Å². The molecule has 0 aliphatic heterocycles. The van der Waals surface area contributed by atoms with Crippen LogP contribution in [0, 0.1) is 0 Å². The Hall–Kier alpha value is -1.97. The van der Waals surface area contributed by atoms with Crippen molar-refractivity contribution < 1.29 is 0 Å². The first-order valence-electron chi connectivity index (χ1n) is 4.35. The second-order valence-electron chi connectivity index (χ2n) is 3.12. The van der Waals surface area contributed by atoms with Crippen LogP contribution in [0.2, 0.25) is 0 Å². The predicted octanol–water partition coefficient (Wildman–Crippen LogP) is 0.807. The number of anilines is 1. The van der Waals surface area contributed by atoms with E-state index in [1.807, 2.05) is 30.3 Å². The van der Waals surface area contributed by atoms with Gasteiger partial charge in [0.25, 0.3) is 5.56 Å². The van der Waals surface area contributed by atoms with Crippen molar-refractivity contribution in [3.05, 3.63) is 52.3 Å². The monoisotopic (exact) mass is 189 g/mol. The van der Waals surface area contributed by atoms with Crippen LogP contribution in [0.15, 0.2) is 41.2 Å². The van der Waals surface area contributed by atoms with Crippen molar-refractivity contribution in [1.82, 2.24) is 9.78 Å². The molecule has 1 aromatic carbocycles. The van der Waals surface area contributed by atoms with E-state index in [1.165, 1.54) is 6.07 Å². The normalized spacial score (nSPS) is 10.3. The Balaban J connectivity index is 2.27. The van der Waals surface area contributed by atoms with Crippen LogP contribution in [0.25, 0.3) is 0 Å². The predicted molar refractivity (Wildman–Crippen MR) is 55.0 cm³/mol. The molecule has 72 valence electrons. The molecule has 0 unspecified atom stereocenters. The topological polar surface area (TPSA) is 63.8 Å². The molecule has 0 radical (unpaired) electrons. The Labute approximate surface area is 81.0 Å². The van der Waals surface area contributed by atoms with Gasteiger partial charge in [-0.25, -0.2) is 0 Å². The highest BCUT2D eigenvalue weighted by atomic mass is 16.1. The highest BCUT2D eigenvalue weighted by molar-refractivity contribution is 5.27.